The molecule has 1 aromatic carbocycles. The van der Waals surface area contributed by atoms with Crippen molar-refractivity contribution in [3.8, 4) is 0 Å². The van der Waals surface area contributed by atoms with E-state index in [9.17, 15) is 0 Å². The summed E-state index contributed by atoms with van der Waals surface area (Å²) in [6, 6.07) is 6.82. The number of rotatable bonds is 2. The molecule has 0 radical (unpaired) electrons. The summed E-state index contributed by atoms with van der Waals surface area (Å²) >= 11 is 0. The number of aryl methyl sites for hydroxylation is 1. The van der Waals surface area contributed by atoms with Gasteiger partial charge in [0.1, 0.15) is 0 Å². The van der Waals surface area contributed by atoms with Crippen molar-refractivity contribution in [2.45, 2.75) is 39.2 Å². The molecule has 2 rings (SSSR count). The van der Waals surface area contributed by atoms with Crippen LogP contribution >= 0.6 is 0 Å². The molecule has 0 spiro atoms. The van der Waals surface area contributed by atoms with Crippen LogP contribution in [-0.2, 0) is 12.8 Å². The van der Waals surface area contributed by atoms with Gasteiger partial charge in [0.25, 0.3) is 0 Å². The van der Waals surface area contributed by atoms with Crippen LogP contribution in [0.1, 0.15) is 43.0 Å². The first kappa shape index (κ1) is 9.72. The standard InChI is InChI=1S/C13H19N/c1-9(2)13(14)12-8-4-6-10-5-3-7-11(10)12/h4,6,8-9,13H,3,5,7,14H2,1-2H3/t13-/m0/s1. The van der Waals surface area contributed by atoms with E-state index in [1.54, 1.807) is 0 Å². The van der Waals surface area contributed by atoms with Gasteiger partial charge in [0.2, 0.25) is 0 Å². The van der Waals surface area contributed by atoms with Gasteiger partial charge in [0, 0.05) is 6.04 Å². The molecule has 1 atom stereocenters. The van der Waals surface area contributed by atoms with E-state index in [-0.39, 0.29) is 6.04 Å². The molecule has 14 heavy (non-hydrogen) atoms. The van der Waals surface area contributed by atoms with Gasteiger partial charge in [-0.3, -0.25) is 0 Å². The van der Waals surface area contributed by atoms with Crippen molar-refractivity contribution in [1.82, 2.24) is 0 Å². The van der Waals surface area contributed by atoms with Gasteiger partial charge in [-0.25, -0.2) is 0 Å². The maximum Gasteiger partial charge on any atom is 0.0321 e. The quantitative estimate of drug-likeness (QED) is 0.760. The summed E-state index contributed by atoms with van der Waals surface area (Å²) in [5, 5.41) is 0. The highest BCUT2D eigenvalue weighted by molar-refractivity contribution is 5.40. The Bertz CT molecular complexity index is 328. The lowest BCUT2D eigenvalue weighted by Gasteiger charge is -2.19. The van der Waals surface area contributed by atoms with Gasteiger partial charge in [-0.05, 0) is 41.9 Å². The van der Waals surface area contributed by atoms with E-state index in [1.165, 1.54) is 36.0 Å². The summed E-state index contributed by atoms with van der Waals surface area (Å²) in [5.74, 6) is 0.530. The minimum absolute atomic E-state index is 0.211. The fourth-order valence-electron chi connectivity index (χ4n) is 2.32. The SMILES string of the molecule is CC(C)[C@H](N)c1cccc2c1CCC2. The molecule has 1 aliphatic carbocycles. The zero-order chi connectivity index (χ0) is 10.1. The number of hydrogen-bond donors (Lipinski definition) is 1. The first-order chi connectivity index (χ1) is 6.70. The third-order valence-corrected chi connectivity index (χ3v) is 3.26. The lowest BCUT2D eigenvalue weighted by atomic mass is 9.91. The van der Waals surface area contributed by atoms with Gasteiger partial charge < -0.3 is 5.73 Å². The first-order valence-electron chi connectivity index (χ1n) is 5.56. The Morgan fingerprint density at radius 1 is 1.21 bits per heavy atom. The predicted octanol–water partition coefficient (Wildman–Crippen LogP) is 2.83. The van der Waals surface area contributed by atoms with Gasteiger partial charge >= 0.3 is 0 Å². The molecule has 1 aromatic rings. The minimum Gasteiger partial charge on any atom is -0.324 e. The summed E-state index contributed by atoms with van der Waals surface area (Å²) < 4.78 is 0. The highest BCUT2D eigenvalue weighted by Gasteiger charge is 2.19. The third-order valence-electron chi connectivity index (χ3n) is 3.26. The average Bonchev–Trinajstić information content (AvgIpc) is 2.63. The smallest absolute Gasteiger partial charge is 0.0321 e. The number of fused-ring (bicyclic) bond motifs is 1. The Hall–Kier alpha value is -0.820. The Kier molecular flexibility index (Phi) is 2.60. The van der Waals surface area contributed by atoms with Crippen molar-refractivity contribution in [1.29, 1.82) is 0 Å². The minimum atomic E-state index is 0.211. The van der Waals surface area contributed by atoms with Gasteiger partial charge in [0.15, 0.2) is 0 Å². The molecule has 0 aliphatic heterocycles. The monoisotopic (exact) mass is 189 g/mol. The molecule has 0 amide bonds. The van der Waals surface area contributed by atoms with Crippen LogP contribution < -0.4 is 5.73 Å². The highest BCUT2D eigenvalue weighted by Crippen LogP contribution is 2.30. The van der Waals surface area contributed by atoms with E-state index in [0.717, 1.165) is 0 Å². The first-order valence-corrected chi connectivity index (χ1v) is 5.56. The van der Waals surface area contributed by atoms with E-state index in [0.29, 0.717) is 5.92 Å². The van der Waals surface area contributed by atoms with Crippen LogP contribution in [0.15, 0.2) is 18.2 Å². The van der Waals surface area contributed by atoms with Crippen molar-refractivity contribution in [3.05, 3.63) is 34.9 Å². The molecule has 0 unspecified atom stereocenters. The summed E-state index contributed by atoms with van der Waals surface area (Å²) in [4.78, 5) is 0. The number of hydrogen-bond acceptors (Lipinski definition) is 1. The van der Waals surface area contributed by atoms with Crippen LogP contribution in [0.25, 0.3) is 0 Å². The molecular weight excluding hydrogens is 170 g/mol. The molecular formula is C13H19N. The second kappa shape index (κ2) is 3.74. The lowest BCUT2D eigenvalue weighted by Crippen LogP contribution is -2.18. The average molecular weight is 189 g/mol. The van der Waals surface area contributed by atoms with Gasteiger partial charge in [0.05, 0.1) is 0 Å². The Labute approximate surface area is 86.3 Å². The molecule has 0 bridgehead atoms. The fraction of sp³-hybridized carbons (Fsp3) is 0.538. The maximum atomic E-state index is 6.21. The fourth-order valence-corrected chi connectivity index (χ4v) is 2.32. The van der Waals surface area contributed by atoms with Crippen molar-refractivity contribution < 1.29 is 0 Å². The largest absolute Gasteiger partial charge is 0.324 e. The summed E-state index contributed by atoms with van der Waals surface area (Å²) in [7, 11) is 0. The highest BCUT2D eigenvalue weighted by atomic mass is 14.6. The van der Waals surface area contributed by atoms with Crippen LogP contribution in [0.2, 0.25) is 0 Å². The number of nitrogens with two attached hydrogens (primary N) is 1. The lowest BCUT2D eigenvalue weighted by molar-refractivity contribution is 0.511. The topological polar surface area (TPSA) is 26.0 Å². The summed E-state index contributed by atoms with van der Waals surface area (Å²) in [6.07, 6.45) is 3.77. The Balaban J connectivity index is 2.39. The van der Waals surface area contributed by atoms with Crippen molar-refractivity contribution in [3.63, 3.8) is 0 Å². The number of benzene rings is 1. The van der Waals surface area contributed by atoms with Crippen molar-refractivity contribution >= 4 is 0 Å². The maximum absolute atomic E-state index is 6.21. The third kappa shape index (κ3) is 1.57. The van der Waals surface area contributed by atoms with Gasteiger partial charge in [-0.15, -0.1) is 0 Å². The molecule has 1 nitrogen and oxygen atoms in total. The predicted molar refractivity (Wildman–Crippen MR) is 60.2 cm³/mol. The molecule has 0 fully saturated rings. The zero-order valence-electron chi connectivity index (χ0n) is 9.09. The zero-order valence-corrected chi connectivity index (χ0v) is 9.09. The van der Waals surface area contributed by atoms with Crippen LogP contribution in [-0.4, -0.2) is 0 Å². The van der Waals surface area contributed by atoms with Crippen LogP contribution in [0, 0.1) is 5.92 Å². The molecule has 2 N–H and O–H groups in total. The molecule has 1 aliphatic rings. The molecule has 0 aromatic heterocycles. The van der Waals surface area contributed by atoms with E-state index in [2.05, 4.69) is 32.0 Å². The van der Waals surface area contributed by atoms with Crippen LogP contribution in [0.4, 0.5) is 0 Å². The van der Waals surface area contributed by atoms with E-state index in [4.69, 9.17) is 5.73 Å². The molecule has 0 saturated carbocycles. The van der Waals surface area contributed by atoms with Gasteiger partial charge in [-0.2, -0.15) is 0 Å². The Morgan fingerprint density at radius 3 is 2.71 bits per heavy atom. The normalized spacial score (nSPS) is 17.1. The van der Waals surface area contributed by atoms with Crippen molar-refractivity contribution in [2.24, 2.45) is 11.7 Å². The molecule has 0 saturated heterocycles. The molecule has 1 heteroatoms. The van der Waals surface area contributed by atoms with Gasteiger partial charge in [-0.1, -0.05) is 32.0 Å². The van der Waals surface area contributed by atoms with Crippen LogP contribution in [0.5, 0.6) is 0 Å². The van der Waals surface area contributed by atoms with E-state index >= 15 is 0 Å². The summed E-state index contributed by atoms with van der Waals surface area (Å²) in [6.45, 7) is 4.39. The van der Waals surface area contributed by atoms with Crippen molar-refractivity contribution in [2.75, 3.05) is 0 Å². The summed E-state index contributed by atoms with van der Waals surface area (Å²) in [5.41, 5.74) is 10.7. The molecule has 0 heterocycles. The van der Waals surface area contributed by atoms with E-state index in [1.807, 2.05) is 0 Å². The van der Waals surface area contributed by atoms with E-state index < -0.39 is 0 Å². The second-order valence-corrected chi connectivity index (χ2v) is 4.61. The Morgan fingerprint density at radius 2 is 2.00 bits per heavy atom. The second-order valence-electron chi connectivity index (χ2n) is 4.61. The molecule has 76 valence electrons. The van der Waals surface area contributed by atoms with Crippen LogP contribution in [0.3, 0.4) is 0 Å².